The van der Waals surface area contributed by atoms with Gasteiger partial charge in [-0.15, -0.1) is 0 Å². The minimum absolute atomic E-state index is 0.0783. The highest BCUT2D eigenvalue weighted by Gasteiger charge is 2.16. The zero-order valence-electron chi connectivity index (χ0n) is 10.3. The van der Waals surface area contributed by atoms with Crippen molar-refractivity contribution in [3.63, 3.8) is 0 Å². The Balaban J connectivity index is 2.09. The zero-order chi connectivity index (χ0) is 13.4. The first-order valence-corrected chi connectivity index (χ1v) is 6.74. The van der Waals surface area contributed by atoms with Crippen LogP contribution in [-0.2, 0) is 0 Å². The molecule has 0 saturated carbocycles. The summed E-state index contributed by atoms with van der Waals surface area (Å²) in [6, 6.07) is 15.0. The highest BCUT2D eigenvalue weighted by molar-refractivity contribution is 9.10. The van der Waals surface area contributed by atoms with E-state index in [-0.39, 0.29) is 5.78 Å². The largest absolute Gasteiger partial charge is 0.453 e. The van der Waals surface area contributed by atoms with E-state index in [9.17, 15) is 4.79 Å². The normalized spacial score (nSPS) is 10.8. The lowest BCUT2D eigenvalue weighted by atomic mass is 10.0. The van der Waals surface area contributed by atoms with Crippen molar-refractivity contribution in [1.29, 1.82) is 0 Å². The number of halogens is 1. The maximum atomic E-state index is 12.4. The lowest BCUT2D eigenvalue weighted by Gasteiger charge is -2.01. The fourth-order valence-corrected chi connectivity index (χ4v) is 2.47. The molecule has 0 N–H and O–H groups in total. The molecule has 0 saturated heterocycles. The van der Waals surface area contributed by atoms with E-state index >= 15 is 0 Å². The Morgan fingerprint density at radius 2 is 1.89 bits per heavy atom. The van der Waals surface area contributed by atoms with E-state index in [4.69, 9.17) is 4.42 Å². The van der Waals surface area contributed by atoms with E-state index in [1.54, 1.807) is 6.07 Å². The average molecular weight is 315 g/mol. The van der Waals surface area contributed by atoms with Gasteiger partial charge in [-0.3, -0.25) is 4.79 Å². The van der Waals surface area contributed by atoms with Gasteiger partial charge in [-0.1, -0.05) is 40.2 Å². The quantitative estimate of drug-likeness (QED) is 0.640. The number of hydrogen-bond donors (Lipinski definition) is 0. The summed E-state index contributed by atoms with van der Waals surface area (Å²) in [7, 11) is 0. The molecule has 3 aromatic rings. The number of aryl methyl sites for hydroxylation is 1. The van der Waals surface area contributed by atoms with Crippen molar-refractivity contribution in [2.75, 3.05) is 0 Å². The number of hydrogen-bond acceptors (Lipinski definition) is 2. The number of benzene rings is 2. The third kappa shape index (κ3) is 2.22. The number of carbonyl (C=O) groups is 1. The fourth-order valence-electron chi connectivity index (χ4n) is 2.09. The molecule has 2 nitrogen and oxygen atoms in total. The molecule has 2 aromatic carbocycles. The Labute approximate surface area is 119 Å². The molecule has 19 heavy (non-hydrogen) atoms. The Morgan fingerprint density at radius 1 is 1.11 bits per heavy atom. The van der Waals surface area contributed by atoms with Crippen molar-refractivity contribution in [3.8, 4) is 0 Å². The highest BCUT2D eigenvalue weighted by Crippen LogP contribution is 2.25. The lowest BCUT2D eigenvalue weighted by molar-refractivity contribution is 0.101. The molecule has 3 heteroatoms. The number of ketones is 1. The van der Waals surface area contributed by atoms with E-state index in [0.717, 1.165) is 21.0 Å². The van der Waals surface area contributed by atoms with E-state index in [0.29, 0.717) is 11.3 Å². The first-order chi connectivity index (χ1) is 9.15. The van der Waals surface area contributed by atoms with Gasteiger partial charge in [-0.2, -0.15) is 0 Å². The summed E-state index contributed by atoms with van der Waals surface area (Å²) in [5.41, 5.74) is 2.36. The second-order valence-electron chi connectivity index (χ2n) is 4.44. The summed E-state index contributed by atoms with van der Waals surface area (Å²) in [4.78, 5) is 12.4. The van der Waals surface area contributed by atoms with E-state index in [1.807, 2.05) is 49.4 Å². The van der Waals surface area contributed by atoms with Crippen LogP contribution in [0.25, 0.3) is 11.0 Å². The van der Waals surface area contributed by atoms with Crippen LogP contribution in [0.5, 0.6) is 0 Å². The molecule has 0 unspecified atom stereocenters. The minimum atomic E-state index is -0.0783. The van der Waals surface area contributed by atoms with E-state index in [1.165, 1.54) is 0 Å². The summed E-state index contributed by atoms with van der Waals surface area (Å²) in [6.07, 6.45) is 0. The van der Waals surface area contributed by atoms with Gasteiger partial charge in [-0.05, 0) is 36.8 Å². The van der Waals surface area contributed by atoms with Gasteiger partial charge in [0.1, 0.15) is 5.58 Å². The van der Waals surface area contributed by atoms with Crippen LogP contribution in [-0.4, -0.2) is 5.78 Å². The molecule has 3 rings (SSSR count). The molecular formula is C16H11BrO2. The topological polar surface area (TPSA) is 30.2 Å². The third-order valence-electron chi connectivity index (χ3n) is 3.09. The maximum absolute atomic E-state index is 12.4. The van der Waals surface area contributed by atoms with Crippen molar-refractivity contribution in [2.24, 2.45) is 0 Å². The number of rotatable bonds is 2. The van der Waals surface area contributed by atoms with Crippen LogP contribution in [0.15, 0.2) is 57.4 Å². The van der Waals surface area contributed by atoms with Crippen molar-refractivity contribution >= 4 is 32.7 Å². The highest BCUT2D eigenvalue weighted by atomic mass is 79.9. The monoisotopic (exact) mass is 314 g/mol. The van der Waals surface area contributed by atoms with Crippen LogP contribution in [0.4, 0.5) is 0 Å². The lowest BCUT2D eigenvalue weighted by Crippen LogP contribution is -2.01. The molecule has 1 aromatic heterocycles. The number of carbonyl (C=O) groups excluding carboxylic acids is 1. The van der Waals surface area contributed by atoms with Gasteiger partial charge >= 0.3 is 0 Å². The molecule has 94 valence electrons. The summed E-state index contributed by atoms with van der Waals surface area (Å²) in [5.74, 6) is 0.299. The second kappa shape index (κ2) is 4.67. The Kier molecular flexibility index (Phi) is 2.99. The zero-order valence-corrected chi connectivity index (χ0v) is 11.9. The van der Waals surface area contributed by atoms with Crippen LogP contribution in [0.2, 0.25) is 0 Å². The minimum Gasteiger partial charge on any atom is -0.453 e. The SMILES string of the molecule is Cc1ccccc1C(=O)c1cc2cc(Br)ccc2o1. The maximum Gasteiger partial charge on any atom is 0.228 e. The first-order valence-electron chi connectivity index (χ1n) is 5.94. The van der Waals surface area contributed by atoms with Gasteiger partial charge in [0.2, 0.25) is 5.78 Å². The molecular weight excluding hydrogens is 304 g/mol. The van der Waals surface area contributed by atoms with Gasteiger partial charge in [0.25, 0.3) is 0 Å². The molecule has 0 aliphatic heterocycles. The van der Waals surface area contributed by atoms with Gasteiger partial charge < -0.3 is 4.42 Å². The first kappa shape index (κ1) is 12.2. The fraction of sp³-hybridized carbons (Fsp3) is 0.0625. The predicted octanol–water partition coefficient (Wildman–Crippen LogP) is 4.73. The van der Waals surface area contributed by atoms with Crippen molar-refractivity contribution in [2.45, 2.75) is 6.92 Å². The van der Waals surface area contributed by atoms with E-state index in [2.05, 4.69) is 15.9 Å². The smallest absolute Gasteiger partial charge is 0.228 e. The summed E-state index contributed by atoms with van der Waals surface area (Å²) < 4.78 is 6.59. The van der Waals surface area contributed by atoms with Gasteiger partial charge in [0.15, 0.2) is 5.76 Å². The van der Waals surface area contributed by atoms with Crippen molar-refractivity contribution in [3.05, 3.63) is 69.9 Å². The second-order valence-corrected chi connectivity index (χ2v) is 5.35. The van der Waals surface area contributed by atoms with Crippen molar-refractivity contribution in [1.82, 2.24) is 0 Å². The van der Waals surface area contributed by atoms with Crippen LogP contribution in [0, 0.1) is 6.92 Å². The molecule has 0 fully saturated rings. The third-order valence-corrected chi connectivity index (χ3v) is 3.59. The Hall–Kier alpha value is -1.87. The Bertz CT molecular complexity index is 771. The van der Waals surface area contributed by atoms with Crippen LogP contribution in [0.1, 0.15) is 21.7 Å². The molecule has 0 bridgehead atoms. The summed E-state index contributed by atoms with van der Waals surface area (Å²) in [5, 5.41) is 0.923. The molecule has 0 atom stereocenters. The molecule has 0 aliphatic rings. The summed E-state index contributed by atoms with van der Waals surface area (Å²) >= 11 is 3.41. The van der Waals surface area contributed by atoms with Crippen LogP contribution in [0.3, 0.4) is 0 Å². The molecule has 1 heterocycles. The number of furan rings is 1. The Morgan fingerprint density at radius 3 is 2.68 bits per heavy atom. The number of fused-ring (bicyclic) bond motifs is 1. The van der Waals surface area contributed by atoms with Gasteiger partial charge in [0, 0.05) is 15.4 Å². The molecule has 0 radical (unpaired) electrons. The van der Waals surface area contributed by atoms with E-state index < -0.39 is 0 Å². The molecule has 0 spiro atoms. The van der Waals surface area contributed by atoms with Crippen LogP contribution >= 0.6 is 15.9 Å². The predicted molar refractivity (Wildman–Crippen MR) is 78.5 cm³/mol. The summed E-state index contributed by atoms with van der Waals surface area (Å²) in [6.45, 7) is 1.92. The van der Waals surface area contributed by atoms with Crippen LogP contribution < -0.4 is 0 Å². The molecule has 0 amide bonds. The van der Waals surface area contributed by atoms with Gasteiger partial charge in [-0.25, -0.2) is 0 Å². The van der Waals surface area contributed by atoms with Crippen molar-refractivity contribution < 1.29 is 9.21 Å². The average Bonchev–Trinajstić information content (AvgIpc) is 2.81. The standard InChI is InChI=1S/C16H11BrO2/c1-10-4-2-3-5-13(10)16(18)15-9-11-8-12(17)6-7-14(11)19-15/h2-9H,1H3. The van der Waals surface area contributed by atoms with Gasteiger partial charge in [0.05, 0.1) is 0 Å². The molecule has 0 aliphatic carbocycles.